The summed E-state index contributed by atoms with van der Waals surface area (Å²) < 4.78 is 6.96. The summed E-state index contributed by atoms with van der Waals surface area (Å²) in [5, 5.41) is 3.77. The first kappa shape index (κ1) is 32.3. The average molecular weight is 604 g/mol. The first-order valence-electron chi connectivity index (χ1n) is 16.4. The van der Waals surface area contributed by atoms with Crippen LogP contribution in [0.25, 0.3) is 27.8 Å². The summed E-state index contributed by atoms with van der Waals surface area (Å²) in [6.07, 6.45) is 11.1. The van der Waals surface area contributed by atoms with Gasteiger partial charge in [0.05, 0.1) is 5.69 Å². The van der Waals surface area contributed by atoms with Gasteiger partial charge in [-0.25, -0.2) is 0 Å². The average Bonchev–Trinajstić information content (AvgIpc) is 3.06. The van der Waals surface area contributed by atoms with Crippen LogP contribution < -0.4 is 10.1 Å². The topological polar surface area (TPSA) is 21.3 Å². The first-order valence-corrected chi connectivity index (χ1v) is 16.4. The molecule has 0 fully saturated rings. The van der Waals surface area contributed by atoms with Crippen LogP contribution in [0, 0.1) is 13.8 Å². The van der Waals surface area contributed by atoms with Crippen molar-refractivity contribution in [3.8, 4) is 33.8 Å². The Morgan fingerprint density at radius 1 is 0.739 bits per heavy atom. The Hall–Kier alpha value is -5.08. The molecule has 0 spiro atoms. The standard InChI is InChI=1S/C44H45NO/c1-7-17-34-22-12-14-24-38(34)43-32(6)21-15-26-41(43)46-42-27-16-25-40(44(42)35(18-8-2)19-9-3)45-36-29-28-33(10-4)39(30-36)37-23-13-11-20-31(37)5/h8-9,11-16,18-30,45H,2,7,10,17H2,1,3-6H3/b19-9-,35-18+. The minimum atomic E-state index is 0.778. The second-order valence-electron chi connectivity index (χ2n) is 11.7. The molecule has 5 rings (SSSR count). The van der Waals surface area contributed by atoms with E-state index in [1.807, 2.05) is 19.1 Å². The van der Waals surface area contributed by atoms with E-state index in [0.717, 1.165) is 58.8 Å². The fourth-order valence-electron chi connectivity index (χ4n) is 6.23. The molecule has 0 bridgehead atoms. The van der Waals surface area contributed by atoms with Gasteiger partial charge < -0.3 is 10.1 Å². The molecule has 2 nitrogen and oxygen atoms in total. The molecule has 0 saturated carbocycles. The van der Waals surface area contributed by atoms with Gasteiger partial charge in [-0.05, 0) is 108 Å². The molecule has 0 aliphatic rings. The second-order valence-corrected chi connectivity index (χ2v) is 11.7. The molecule has 0 aliphatic heterocycles. The van der Waals surface area contributed by atoms with E-state index in [2.05, 4.69) is 155 Å². The van der Waals surface area contributed by atoms with Crippen LogP contribution >= 0.6 is 0 Å². The van der Waals surface area contributed by atoms with Crippen molar-refractivity contribution in [3.05, 3.63) is 162 Å². The highest BCUT2D eigenvalue weighted by Crippen LogP contribution is 2.43. The van der Waals surface area contributed by atoms with Gasteiger partial charge in [0.1, 0.15) is 11.5 Å². The molecule has 0 atom stereocenters. The Bertz CT molecular complexity index is 1890. The number of anilines is 2. The maximum Gasteiger partial charge on any atom is 0.137 e. The Morgan fingerprint density at radius 3 is 2.20 bits per heavy atom. The number of allylic oxidation sites excluding steroid dienone is 5. The Labute approximate surface area is 275 Å². The lowest BCUT2D eigenvalue weighted by molar-refractivity contribution is 0.483. The molecule has 0 heterocycles. The Morgan fingerprint density at radius 2 is 1.46 bits per heavy atom. The maximum absolute atomic E-state index is 6.96. The molecule has 5 aromatic carbocycles. The molecule has 2 heteroatoms. The predicted molar refractivity (Wildman–Crippen MR) is 199 cm³/mol. The van der Waals surface area contributed by atoms with Crippen LogP contribution in [0.4, 0.5) is 11.4 Å². The van der Waals surface area contributed by atoms with Crippen LogP contribution in [-0.4, -0.2) is 0 Å². The van der Waals surface area contributed by atoms with Crippen molar-refractivity contribution in [2.75, 3.05) is 5.32 Å². The molecular weight excluding hydrogens is 558 g/mol. The normalized spacial score (nSPS) is 11.5. The number of rotatable bonds is 12. The summed E-state index contributed by atoms with van der Waals surface area (Å²) in [5.74, 6) is 1.62. The summed E-state index contributed by atoms with van der Waals surface area (Å²) in [6, 6.07) is 36.6. The smallest absolute Gasteiger partial charge is 0.137 e. The zero-order valence-electron chi connectivity index (χ0n) is 27.9. The number of benzene rings is 5. The van der Waals surface area contributed by atoms with Gasteiger partial charge in [-0.2, -0.15) is 0 Å². The van der Waals surface area contributed by atoms with Crippen molar-refractivity contribution in [3.63, 3.8) is 0 Å². The molecular formula is C44H45NO. The third-order valence-corrected chi connectivity index (χ3v) is 8.42. The lowest BCUT2D eigenvalue weighted by atomic mass is 9.93. The lowest BCUT2D eigenvalue weighted by Crippen LogP contribution is -2.01. The Balaban J connectivity index is 1.65. The minimum Gasteiger partial charge on any atom is -0.456 e. The van der Waals surface area contributed by atoms with Gasteiger partial charge in [-0.1, -0.05) is 124 Å². The third kappa shape index (κ3) is 7.08. The quantitative estimate of drug-likeness (QED) is 0.143. The third-order valence-electron chi connectivity index (χ3n) is 8.42. The first-order chi connectivity index (χ1) is 22.5. The fourth-order valence-corrected chi connectivity index (χ4v) is 6.23. The molecule has 0 radical (unpaired) electrons. The fraction of sp³-hybridized carbons (Fsp3) is 0.182. The van der Waals surface area contributed by atoms with E-state index >= 15 is 0 Å². The zero-order chi connectivity index (χ0) is 32.5. The summed E-state index contributed by atoms with van der Waals surface area (Å²) >= 11 is 0. The van der Waals surface area contributed by atoms with Gasteiger partial charge in [-0.15, -0.1) is 0 Å². The van der Waals surface area contributed by atoms with Crippen LogP contribution in [0.2, 0.25) is 0 Å². The largest absolute Gasteiger partial charge is 0.456 e. The van der Waals surface area contributed by atoms with E-state index in [9.17, 15) is 0 Å². The summed E-state index contributed by atoms with van der Waals surface area (Å²) in [4.78, 5) is 0. The Kier molecular flexibility index (Phi) is 10.7. The van der Waals surface area contributed by atoms with Gasteiger partial charge in [0.25, 0.3) is 0 Å². The number of aryl methyl sites for hydroxylation is 4. The van der Waals surface area contributed by atoms with Crippen LogP contribution in [0.5, 0.6) is 11.5 Å². The van der Waals surface area contributed by atoms with Crippen LogP contribution in [0.3, 0.4) is 0 Å². The molecule has 1 N–H and O–H groups in total. The molecule has 0 unspecified atom stereocenters. The zero-order valence-corrected chi connectivity index (χ0v) is 27.9. The molecule has 46 heavy (non-hydrogen) atoms. The molecule has 0 aliphatic carbocycles. The van der Waals surface area contributed by atoms with Crippen molar-refractivity contribution < 1.29 is 4.74 Å². The van der Waals surface area contributed by atoms with E-state index in [0.29, 0.717) is 0 Å². The predicted octanol–water partition coefficient (Wildman–Crippen LogP) is 12.8. The number of nitrogens with one attached hydrogen (secondary N) is 1. The SMILES string of the molecule is C=C/C=C(\C=C/C)c1c(Nc2ccc(CC)c(-c3ccccc3C)c2)cccc1Oc1cccc(C)c1-c1ccccc1CCC. The highest BCUT2D eigenvalue weighted by atomic mass is 16.5. The molecule has 232 valence electrons. The van der Waals surface area contributed by atoms with Gasteiger partial charge >= 0.3 is 0 Å². The highest BCUT2D eigenvalue weighted by Gasteiger charge is 2.19. The van der Waals surface area contributed by atoms with E-state index in [1.165, 1.54) is 38.9 Å². The van der Waals surface area contributed by atoms with Crippen molar-refractivity contribution in [2.24, 2.45) is 0 Å². The number of hydrogen-bond acceptors (Lipinski definition) is 2. The maximum atomic E-state index is 6.96. The summed E-state index contributed by atoms with van der Waals surface area (Å²) in [7, 11) is 0. The van der Waals surface area contributed by atoms with Gasteiger partial charge in [0.15, 0.2) is 0 Å². The van der Waals surface area contributed by atoms with Crippen molar-refractivity contribution >= 4 is 16.9 Å². The minimum absolute atomic E-state index is 0.778. The van der Waals surface area contributed by atoms with E-state index in [1.54, 1.807) is 0 Å². The van der Waals surface area contributed by atoms with Crippen molar-refractivity contribution in [1.82, 2.24) is 0 Å². The van der Waals surface area contributed by atoms with Gasteiger partial charge in [-0.3, -0.25) is 0 Å². The van der Waals surface area contributed by atoms with E-state index in [4.69, 9.17) is 4.74 Å². The van der Waals surface area contributed by atoms with Crippen LogP contribution in [0.1, 0.15) is 55.0 Å². The van der Waals surface area contributed by atoms with Crippen LogP contribution in [-0.2, 0) is 12.8 Å². The van der Waals surface area contributed by atoms with E-state index < -0.39 is 0 Å². The summed E-state index contributed by atoms with van der Waals surface area (Å²) in [5.41, 5.74) is 14.0. The van der Waals surface area contributed by atoms with Gasteiger partial charge in [0, 0.05) is 16.8 Å². The highest BCUT2D eigenvalue weighted by molar-refractivity contribution is 5.89. The van der Waals surface area contributed by atoms with Crippen LogP contribution in [0.15, 0.2) is 134 Å². The molecule has 0 aromatic heterocycles. The van der Waals surface area contributed by atoms with E-state index in [-0.39, 0.29) is 0 Å². The summed E-state index contributed by atoms with van der Waals surface area (Å²) in [6.45, 7) is 14.9. The van der Waals surface area contributed by atoms with Gasteiger partial charge in [0.2, 0.25) is 0 Å². The molecule has 5 aromatic rings. The van der Waals surface area contributed by atoms with Crippen molar-refractivity contribution in [2.45, 2.75) is 53.9 Å². The second kappa shape index (κ2) is 15.3. The monoisotopic (exact) mass is 603 g/mol. The number of hydrogen-bond donors (Lipinski definition) is 1. The number of ether oxygens (including phenoxy) is 1. The lowest BCUT2D eigenvalue weighted by Gasteiger charge is -2.21. The molecule has 0 amide bonds. The molecule has 0 saturated heterocycles. The van der Waals surface area contributed by atoms with Crippen molar-refractivity contribution in [1.29, 1.82) is 0 Å².